The second kappa shape index (κ2) is 9.93. The summed E-state index contributed by atoms with van der Waals surface area (Å²) in [5.74, 6) is 0.343. The minimum atomic E-state index is -0.532. The standard InChI is InChI=1S/C21H27ClN6O3/c1-4-28(5-2)15(13-8-6-7-9-14(13)22)12-23-17(29)11-10-16-24-18-19(25-16)27(3)21(31)26-20(18)30/h6-9,15H,4-5,10-12H2,1-3H3,(H,23,29)(H,24,25)(H,26,30,31)/t15-/m0/s1. The third kappa shape index (κ3) is 5.05. The predicted molar refractivity (Wildman–Crippen MR) is 120 cm³/mol. The topological polar surface area (TPSA) is 116 Å². The number of nitrogens with one attached hydrogen (secondary N) is 3. The van der Waals surface area contributed by atoms with E-state index in [1.54, 1.807) is 0 Å². The first-order valence-electron chi connectivity index (χ1n) is 10.3. The summed E-state index contributed by atoms with van der Waals surface area (Å²) in [7, 11) is 1.53. The largest absolute Gasteiger partial charge is 0.354 e. The van der Waals surface area contributed by atoms with Gasteiger partial charge in [0.15, 0.2) is 5.65 Å². The Labute approximate surface area is 184 Å². The van der Waals surface area contributed by atoms with Gasteiger partial charge in [0, 0.05) is 31.5 Å². The van der Waals surface area contributed by atoms with E-state index in [9.17, 15) is 14.4 Å². The van der Waals surface area contributed by atoms with Crippen molar-refractivity contribution in [1.29, 1.82) is 0 Å². The summed E-state index contributed by atoms with van der Waals surface area (Å²) in [5.41, 5.74) is 0.409. The first-order valence-corrected chi connectivity index (χ1v) is 10.7. The molecule has 31 heavy (non-hydrogen) atoms. The number of imidazole rings is 1. The van der Waals surface area contributed by atoms with Crippen molar-refractivity contribution >= 4 is 28.7 Å². The van der Waals surface area contributed by atoms with Gasteiger partial charge < -0.3 is 10.3 Å². The van der Waals surface area contributed by atoms with Crippen molar-refractivity contribution in [1.82, 2.24) is 29.7 Å². The summed E-state index contributed by atoms with van der Waals surface area (Å²) in [6, 6.07) is 7.63. The maximum atomic E-state index is 12.5. The lowest BCUT2D eigenvalue weighted by molar-refractivity contribution is -0.121. The van der Waals surface area contributed by atoms with Crippen LogP contribution in [0.3, 0.4) is 0 Å². The third-order valence-electron chi connectivity index (χ3n) is 5.40. The number of fused-ring (bicyclic) bond motifs is 1. The number of hydrogen-bond acceptors (Lipinski definition) is 5. The normalized spacial score (nSPS) is 12.4. The fourth-order valence-electron chi connectivity index (χ4n) is 3.65. The van der Waals surface area contributed by atoms with Gasteiger partial charge >= 0.3 is 5.69 Å². The quantitative estimate of drug-likeness (QED) is 0.463. The van der Waals surface area contributed by atoms with Gasteiger partial charge in [-0.05, 0) is 24.7 Å². The summed E-state index contributed by atoms with van der Waals surface area (Å²) in [6.07, 6.45) is 0.509. The molecule has 166 valence electrons. The molecule has 3 rings (SSSR count). The molecule has 2 heterocycles. The number of aromatic nitrogens is 4. The van der Waals surface area contributed by atoms with Crippen LogP contribution >= 0.6 is 11.6 Å². The number of carbonyl (C=O) groups excluding carboxylic acids is 1. The van der Waals surface area contributed by atoms with Crippen molar-refractivity contribution in [2.45, 2.75) is 32.7 Å². The summed E-state index contributed by atoms with van der Waals surface area (Å²) in [4.78, 5) is 47.8. The molecular formula is C21H27ClN6O3. The van der Waals surface area contributed by atoms with Crippen molar-refractivity contribution in [2.24, 2.45) is 7.05 Å². The van der Waals surface area contributed by atoms with E-state index < -0.39 is 11.2 Å². The number of hydrogen-bond donors (Lipinski definition) is 3. The van der Waals surface area contributed by atoms with Crippen LogP contribution in [0.2, 0.25) is 5.02 Å². The lowest BCUT2D eigenvalue weighted by atomic mass is 10.0. The third-order valence-corrected chi connectivity index (χ3v) is 5.75. The van der Waals surface area contributed by atoms with E-state index in [1.807, 2.05) is 24.3 Å². The summed E-state index contributed by atoms with van der Waals surface area (Å²) >= 11 is 6.40. The molecule has 9 nitrogen and oxygen atoms in total. The number of rotatable bonds is 9. The number of aryl methyl sites for hydroxylation is 2. The van der Waals surface area contributed by atoms with E-state index in [0.717, 1.165) is 18.7 Å². The second-order valence-electron chi connectivity index (χ2n) is 7.26. The highest BCUT2D eigenvalue weighted by atomic mass is 35.5. The summed E-state index contributed by atoms with van der Waals surface area (Å²) < 4.78 is 1.26. The van der Waals surface area contributed by atoms with Gasteiger partial charge in [-0.15, -0.1) is 0 Å². The molecule has 0 bridgehead atoms. The van der Waals surface area contributed by atoms with Crippen LogP contribution in [0.1, 0.15) is 37.7 Å². The number of likely N-dealkylation sites (N-methyl/N-ethyl adjacent to an activating group) is 1. The lowest BCUT2D eigenvalue weighted by Crippen LogP contribution is -2.38. The Morgan fingerprint density at radius 3 is 2.61 bits per heavy atom. The molecule has 10 heteroatoms. The molecule has 0 fully saturated rings. The number of amides is 1. The molecule has 1 atom stereocenters. The van der Waals surface area contributed by atoms with Crippen molar-refractivity contribution in [3.8, 4) is 0 Å². The monoisotopic (exact) mass is 446 g/mol. The zero-order chi connectivity index (χ0) is 22.5. The summed E-state index contributed by atoms with van der Waals surface area (Å²) in [5, 5.41) is 3.66. The van der Waals surface area contributed by atoms with Crippen LogP contribution in [-0.4, -0.2) is 50.0 Å². The Morgan fingerprint density at radius 1 is 1.23 bits per heavy atom. The fraction of sp³-hybridized carbons (Fsp3) is 0.429. The van der Waals surface area contributed by atoms with Gasteiger partial charge in [-0.2, -0.15) is 0 Å². The maximum Gasteiger partial charge on any atom is 0.329 e. The number of aromatic amines is 2. The van der Waals surface area contributed by atoms with E-state index in [1.165, 1.54) is 11.6 Å². The molecular weight excluding hydrogens is 420 g/mol. The van der Waals surface area contributed by atoms with E-state index in [2.05, 4.69) is 39.0 Å². The van der Waals surface area contributed by atoms with Gasteiger partial charge in [0.2, 0.25) is 5.91 Å². The number of carbonyl (C=O) groups is 1. The van der Waals surface area contributed by atoms with Gasteiger partial charge in [-0.25, -0.2) is 9.78 Å². The van der Waals surface area contributed by atoms with Gasteiger partial charge in [-0.3, -0.25) is 24.0 Å². The van der Waals surface area contributed by atoms with Crippen molar-refractivity contribution in [2.75, 3.05) is 19.6 Å². The SMILES string of the molecule is CCN(CC)[C@@H](CNC(=O)CCc1nc2c([nH]1)c(=O)[nH]c(=O)n2C)c1ccccc1Cl. The van der Waals surface area contributed by atoms with Crippen LogP contribution in [0.4, 0.5) is 0 Å². The molecule has 0 aliphatic heterocycles. The van der Waals surface area contributed by atoms with Crippen molar-refractivity contribution in [3.05, 3.63) is 61.5 Å². The average molecular weight is 447 g/mol. The van der Waals surface area contributed by atoms with Crippen LogP contribution < -0.4 is 16.6 Å². The van der Waals surface area contributed by atoms with Crippen LogP contribution in [-0.2, 0) is 18.3 Å². The Morgan fingerprint density at radius 2 is 1.94 bits per heavy atom. The van der Waals surface area contributed by atoms with E-state index >= 15 is 0 Å². The number of nitrogens with zero attached hydrogens (tertiary/aromatic N) is 3. The Kier molecular flexibility index (Phi) is 7.29. The molecule has 3 aromatic rings. The second-order valence-corrected chi connectivity index (χ2v) is 7.67. The van der Waals surface area contributed by atoms with E-state index in [-0.39, 0.29) is 29.5 Å². The molecule has 0 saturated carbocycles. The van der Waals surface area contributed by atoms with Crippen molar-refractivity contribution in [3.63, 3.8) is 0 Å². The minimum absolute atomic E-state index is 0.0352. The lowest BCUT2D eigenvalue weighted by Gasteiger charge is -2.31. The fourth-order valence-corrected chi connectivity index (χ4v) is 3.91. The van der Waals surface area contributed by atoms with Crippen LogP contribution in [0.5, 0.6) is 0 Å². The Bertz CT molecular complexity index is 1180. The molecule has 2 aromatic heterocycles. The molecule has 0 spiro atoms. The highest BCUT2D eigenvalue weighted by molar-refractivity contribution is 6.31. The highest BCUT2D eigenvalue weighted by Gasteiger charge is 2.21. The van der Waals surface area contributed by atoms with E-state index in [0.29, 0.717) is 23.8 Å². The minimum Gasteiger partial charge on any atom is -0.354 e. The van der Waals surface area contributed by atoms with Crippen LogP contribution in [0.15, 0.2) is 33.9 Å². The molecule has 0 saturated heterocycles. The Hall–Kier alpha value is -2.91. The molecule has 1 aromatic carbocycles. The van der Waals surface area contributed by atoms with Crippen LogP contribution in [0, 0.1) is 0 Å². The van der Waals surface area contributed by atoms with Gasteiger partial charge in [0.1, 0.15) is 11.3 Å². The van der Waals surface area contributed by atoms with E-state index in [4.69, 9.17) is 11.6 Å². The first-order chi connectivity index (χ1) is 14.8. The average Bonchev–Trinajstić information content (AvgIpc) is 3.19. The first kappa shape index (κ1) is 22.8. The zero-order valence-corrected chi connectivity index (χ0v) is 18.6. The number of H-pyrrole nitrogens is 2. The molecule has 1 amide bonds. The highest BCUT2D eigenvalue weighted by Crippen LogP contribution is 2.27. The smallest absolute Gasteiger partial charge is 0.329 e. The maximum absolute atomic E-state index is 12.5. The zero-order valence-electron chi connectivity index (χ0n) is 17.9. The van der Waals surface area contributed by atoms with Gasteiger partial charge in [0.05, 0.1) is 6.04 Å². The van der Waals surface area contributed by atoms with Crippen molar-refractivity contribution < 1.29 is 4.79 Å². The molecule has 3 N–H and O–H groups in total. The predicted octanol–water partition coefficient (Wildman–Crippen LogP) is 1.74. The van der Waals surface area contributed by atoms with Gasteiger partial charge in [0.25, 0.3) is 5.56 Å². The number of benzene rings is 1. The van der Waals surface area contributed by atoms with Crippen LogP contribution in [0.25, 0.3) is 11.2 Å². The molecule has 0 aliphatic carbocycles. The molecule has 0 unspecified atom stereocenters. The van der Waals surface area contributed by atoms with Gasteiger partial charge in [-0.1, -0.05) is 43.6 Å². The Balaban J connectivity index is 1.67. The summed E-state index contributed by atoms with van der Waals surface area (Å²) in [6.45, 7) is 6.24. The molecule has 0 aliphatic rings. The number of halogens is 1. The molecule has 0 radical (unpaired) electrons.